The van der Waals surface area contributed by atoms with Crippen LogP contribution in [-0.2, 0) is 0 Å². The highest BCUT2D eigenvalue weighted by atomic mass is 15.0. The van der Waals surface area contributed by atoms with E-state index in [0.29, 0.717) is 0 Å². The van der Waals surface area contributed by atoms with Crippen molar-refractivity contribution in [1.29, 1.82) is 0 Å². The molecule has 1 N–H and O–H groups in total. The minimum absolute atomic E-state index is 0.724. The Labute approximate surface area is 117 Å². The molecule has 2 aliphatic carbocycles. The van der Waals surface area contributed by atoms with Crippen LogP contribution in [0.25, 0.3) is 0 Å². The fraction of sp³-hybridized carbons (Fsp3) is 0.667. The average molecular weight is 257 g/mol. The molecule has 0 amide bonds. The molecule has 1 aromatic carbocycles. The number of hydrogen-bond acceptors (Lipinski definition) is 1. The highest BCUT2D eigenvalue weighted by Gasteiger charge is 2.32. The molecule has 0 aliphatic heterocycles. The maximum Gasteiger partial charge on any atom is 0.00813 e. The van der Waals surface area contributed by atoms with Crippen molar-refractivity contribution >= 4 is 0 Å². The first kappa shape index (κ1) is 13.2. The lowest BCUT2D eigenvalue weighted by atomic mass is 9.75. The van der Waals surface area contributed by atoms with Gasteiger partial charge >= 0.3 is 0 Å². The summed E-state index contributed by atoms with van der Waals surface area (Å²) in [5, 5.41) is 3.89. The molecule has 1 nitrogen and oxygen atoms in total. The van der Waals surface area contributed by atoms with Gasteiger partial charge in [-0.05, 0) is 50.0 Å². The van der Waals surface area contributed by atoms with Crippen molar-refractivity contribution in [3.63, 3.8) is 0 Å². The first-order valence-corrected chi connectivity index (χ1v) is 8.14. The minimum atomic E-state index is 0.724. The Morgan fingerprint density at radius 2 is 1.68 bits per heavy atom. The molecule has 0 aromatic heterocycles. The molecule has 3 rings (SSSR count). The maximum absolute atomic E-state index is 3.89. The third kappa shape index (κ3) is 3.20. The van der Waals surface area contributed by atoms with E-state index >= 15 is 0 Å². The normalized spacial score (nSPS) is 29.7. The number of benzene rings is 1. The van der Waals surface area contributed by atoms with Gasteiger partial charge in [-0.15, -0.1) is 0 Å². The van der Waals surface area contributed by atoms with Gasteiger partial charge in [0.05, 0.1) is 0 Å². The predicted octanol–water partition coefficient (Wildman–Crippen LogP) is 4.49. The molecule has 104 valence electrons. The lowest BCUT2D eigenvalue weighted by Gasteiger charge is -2.40. The van der Waals surface area contributed by atoms with Crippen LogP contribution in [0.1, 0.15) is 63.4 Å². The standard InChI is InChI=1S/C18H27N/c1-14(15-8-4-2-5-9-15)19-18-12-17(13-18)16-10-6-3-7-11-16/h3,6-7,10-11,14-15,17-19H,2,4-5,8-9,12-13H2,1H3/t14-,17?,18?/m0/s1. The Morgan fingerprint density at radius 1 is 1.00 bits per heavy atom. The Hall–Kier alpha value is -0.820. The van der Waals surface area contributed by atoms with Gasteiger partial charge < -0.3 is 5.32 Å². The van der Waals surface area contributed by atoms with Crippen molar-refractivity contribution < 1.29 is 0 Å². The van der Waals surface area contributed by atoms with Crippen molar-refractivity contribution in [3.8, 4) is 0 Å². The lowest BCUT2D eigenvalue weighted by Crippen LogP contribution is -2.47. The van der Waals surface area contributed by atoms with Crippen LogP contribution in [-0.4, -0.2) is 12.1 Å². The van der Waals surface area contributed by atoms with Gasteiger partial charge in [-0.25, -0.2) is 0 Å². The van der Waals surface area contributed by atoms with Crippen LogP contribution in [0, 0.1) is 5.92 Å². The fourth-order valence-corrected chi connectivity index (χ4v) is 3.89. The molecule has 1 aromatic rings. The van der Waals surface area contributed by atoms with E-state index in [0.717, 1.165) is 23.9 Å². The highest BCUT2D eigenvalue weighted by Crippen LogP contribution is 2.37. The van der Waals surface area contributed by atoms with Gasteiger partial charge in [-0.3, -0.25) is 0 Å². The zero-order valence-electron chi connectivity index (χ0n) is 12.1. The highest BCUT2D eigenvalue weighted by molar-refractivity contribution is 5.22. The summed E-state index contributed by atoms with van der Waals surface area (Å²) in [4.78, 5) is 0. The summed E-state index contributed by atoms with van der Waals surface area (Å²) < 4.78 is 0. The van der Waals surface area contributed by atoms with Gasteiger partial charge in [-0.2, -0.15) is 0 Å². The number of hydrogen-bond donors (Lipinski definition) is 1. The second kappa shape index (κ2) is 6.09. The van der Waals surface area contributed by atoms with Crippen molar-refractivity contribution in [2.75, 3.05) is 0 Å². The van der Waals surface area contributed by atoms with Gasteiger partial charge in [-0.1, -0.05) is 49.6 Å². The molecule has 0 radical (unpaired) electrons. The Kier molecular flexibility index (Phi) is 4.22. The van der Waals surface area contributed by atoms with E-state index in [9.17, 15) is 0 Å². The fourth-order valence-electron chi connectivity index (χ4n) is 3.89. The first-order chi connectivity index (χ1) is 9.33. The lowest BCUT2D eigenvalue weighted by molar-refractivity contribution is 0.211. The largest absolute Gasteiger partial charge is 0.311 e. The van der Waals surface area contributed by atoms with E-state index < -0.39 is 0 Å². The van der Waals surface area contributed by atoms with E-state index in [-0.39, 0.29) is 0 Å². The maximum atomic E-state index is 3.89. The van der Waals surface area contributed by atoms with E-state index in [2.05, 4.69) is 42.6 Å². The first-order valence-electron chi connectivity index (χ1n) is 8.14. The zero-order chi connectivity index (χ0) is 13.1. The van der Waals surface area contributed by atoms with Crippen molar-refractivity contribution in [2.45, 2.75) is 69.9 Å². The quantitative estimate of drug-likeness (QED) is 0.838. The summed E-state index contributed by atoms with van der Waals surface area (Å²) in [5.41, 5.74) is 1.53. The van der Waals surface area contributed by atoms with Crippen LogP contribution in [0.4, 0.5) is 0 Å². The van der Waals surface area contributed by atoms with Crippen LogP contribution in [0.15, 0.2) is 30.3 Å². The van der Waals surface area contributed by atoms with E-state index in [1.807, 2.05) is 0 Å². The van der Waals surface area contributed by atoms with Crippen molar-refractivity contribution in [1.82, 2.24) is 5.32 Å². The summed E-state index contributed by atoms with van der Waals surface area (Å²) in [6.07, 6.45) is 9.93. The van der Waals surface area contributed by atoms with Crippen LogP contribution in [0.2, 0.25) is 0 Å². The molecule has 1 heteroatoms. The molecular weight excluding hydrogens is 230 g/mol. The number of rotatable bonds is 4. The SMILES string of the molecule is C[C@H](NC1CC(c2ccccc2)C1)C1CCCCC1. The van der Waals surface area contributed by atoms with Crippen LogP contribution in [0.3, 0.4) is 0 Å². The van der Waals surface area contributed by atoms with Crippen molar-refractivity contribution in [2.24, 2.45) is 5.92 Å². The third-order valence-corrected chi connectivity index (χ3v) is 5.26. The summed E-state index contributed by atoms with van der Waals surface area (Å²) in [6.45, 7) is 2.41. The van der Waals surface area contributed by atoms with E-state index in [1.165, 1.54) is 50.5 Å². The Morgan fingerprint density at radius 3 is 2.37 bits per heavy atom. The molecule has 0 bridgehead atoms. The molecule has 2 saturated carbocycles. The predicted molar refractivity (Wildman–Crippen MR) is 81.4 cm³/mol. The van der Waals surface area contributed by atoms with Crippen LogP contribution >= 0.6 is 0 Å². The topological polar surface area (TPSA) is 12.0 Å². The molecule has 0 heterocycles. The Bertz CT molecular complexity index is 374. The molecular formula is C18H27N. The zero-order valence-corrected chi connectivity index (χ0v) is 12.1. The van der Waals surface area contributed by atoms with E-state index in [1.54, 1.807) is 0 Å². The van der Waals surface area contributed by atoms with Gasteiger partial charge in [0.25, 0.3) is 0 Å². The van der Waals surface area contributed by atoms with Gasteiger partial charge in [0.2, 0.25) is 0 Å². The smallest absolute Gasteiger partial charge is 0.00813 e. The van der Waals surface area contributed by atoms with Gasteiger partial charge in [0.1, 0.15) is 0 Å². The van der Waals surface area contributed by atoms with Crippen LogP contribution in [0.5, 0.6) is 0 Å². The Balaban J connectivity index is 1.43. The van der Waals surface area contributed by atoms with Crippen molar-refractivity contribution in [3.05, 3.63) is 35.9 Å². The van der Waals surface area contributed by atoms with E-state index in [4.69, 9.17) is 0 Å². The monoisotopic (exact) mass is 257 g/mol. The molecule has 0 saturated heterocycles. The van der Waals surface area contributed by atoms with Gasteiger partial charge in [0.15, 0.2) is 0 Å². The molecule has 19 heavy (non-hydrogen) atoms. The molecule has 2 fully saturated rings. The van der Waals surface area contributed by atoms with Gasteiger partial charge in [0, 0.05) is 12.1 Å². The second-order valence-electron chi connectivity index (χ2n) is 6.63. The summed E-state index contributed by atoms with van der Waals surface area (Å²) >= 11 is 0. The molecule has 0 unspecified atom stereocenters. The molecule has 0 spiro atoms. The number of nitrogens with one attached hydrogen (secondary N) is 1. The summed E-state index contributed by atoms with van der Waals surface area (Å²) in [5.74, 6) is 1.74. The second-order valence-corrected chi connectivity index (χ2v) is 6.63. The third-order valence-electron chi connectivity index (χ3n) is 5.26. The average Bonchev–Trinajstić information content (AvgIpc) is 2.44. The molecule has 1 atom stereocenters. The summed E-state index contributed by atoms with van der Waals surface area (Å²) in [7, 11) is 0. The minimum Gasteiger partial charge on any atom is -0.311 e. The molecule has 2 aliphatic rings. The summed E-state index contributed by atoms with van der Waals surface area (Å²) in [6, 6.07) is 12.5. The van der Waals surface area contributed by atoms with Crippen LogP contribution < -0.4 is 5.32 Å².